The van der Waals surface area contributed by atoms with Crippen LogP contribution in [0.2, 0.25) is 0 Å². The normalized spacial score (nSPS) is 14.8. The van der Waals surface area contributed by atoms with Gasteiger partial charge in [-0.2, -0.15) is 0 Å². The van der Waals surface area contributed by atoms with Gasteiger partial charge in [0.15, 0.2) is 17.5 Å². The fourth-order valence-electron chi connectivity index (χ4n) is 2.54. The zero-order valence-corrected chi connectivity index (χ0v) is 14.4. The second-order valence-corrected chi connectivity index (χ2v) is 5.86. The zero-order valence-electron chi connectivity index (χ0n) is 14.4. The minimum Gasteiger partial charge on any atom is -0.476 e. The molecule has 0 aliphatic carbocycles. The van der Waals surface area contributed by atoms with E-state index >= 15 is 0 Å². The maximum atomic E-state index is 13.6. The van der Waals surface area contributed by atoms with Crippen molar-refractivity contribution in [2.75, 3.05) is 44.8 Å². The SMILES string of the molecule is O=C(Nc1ccc(OCCN2CCOCC2)nc1)c1ccc(F)c(F)c1F. The molecule has 1 saturated heterocycles. The Balaban J connectivity index is 1.52. The third-order valence-electron chi connectivity index (χ3n) is 4.04. The van der Waals surface area contributed by atoms with Gasteiger partial charge in [-0.3, -0.25) is 9.69 Å². The number of morpholine rings is 1. The lowest BCUT2D eigenvalue weighted by Gasteiger charge is -2.26. The highest BCUT2D eigenvalue weighted by molar-refractivity contribution is 6.04. The first-order chi connectivity index (χ1) is 13.0. The summed E-state index contributed by atoms with van der Waals surface area (Å²) in [6.07, 6.45) is 1.33. The van der Waals surface area contributed by atoms with Gasteiger partial charge in [-0.05, 0) is 18.2 Å². The summed E-state index contributed by atoms with van der Waals surface area (Å²) in [5.41, 5.74) is -0.329. The first kappa shape index (κ1) is 19.1. The molecule has 27 heavy (non-hydrogen) atoms. The van der Waals surface area contributed by atoms with E-state index in [2.05, 4.69) is 15.2 Å². The molecule has 0 spiro atoms. The van der Waals surface area contributed by atoms with Crippen molar-refractivity contribution in [3.05, 3.63) is 53.5 Å². The summed E-state index contributed by atoms with van der Waals surface area (Å²) in [4.78, 5) is 18.3. The van der Waals surface area contributed by atoms with E-state index in [0.717, 1.165) is 25.7 Å². The Kier molecular flexibility index (Phi) is 6.25. The summed E-state index contributed by atoms with van der Waals surface area (Å²) >= 11 is 0. The highest BCUT2D eigenvalue weighted by atomic mass is 19.2. The van der Waals surface area contributed by atoms with Gasteiger partial charge in [-0.15, -0.1) is 0 Å². The molecule has 1 aliphatic rings. The van der Waals surface area contributed by atoms with Gasteiger partial charge in [0, 0.05) is 25.7 Å². The third-order valence-corrected chi connectivity index (χ3v) is 4.04. The Morgan fingerprint density at radius 3 is 2.63 bits per heavy atom. The molecule has 2 heterocycles. The number of aromatic nitrogens is 1. The zero-order chi connectivity index (χ0) is 19.2. The molecule has 144 valence electrons. The summed E-state index contributed by atoms with van der Waals surface area (Å²) in [6.45, 7) is 4.36. The van der Waals surface area contributed by atoms with E-state index < -0.39 is 28.9 Å². The van der Waals surface area contributed by atoms with Crippen molar-refractivity contribution < 1.29 is 27.4 Å². The summed E-state index contributed by atoms with van der Waals surface area (Å²) in [5, 5.41) is 2.37. The Hall–Kier alpha value is -2.65. The highest BCUT2D eigenvalue weighted by Gasteiger charge is 2.19. The molecule has 0 bridgehead atoms. The number of amides is 1. The lowest BCUT2D eigenvalue weighted by Crippen LogP contribution is -2.38. The monoisotopic (exact) mass is 381 g/mol. The molecule has 1 aromatic heterocycles. The third kappa shape index (κ3) is 4.95. The molecule has 1 amide bonds. The van der Waals surface area contributed by atoms with E-state index in [1.165, 1.54) is 12.3 Å². The number of ether oxygens (including phenoxy) is 2. The number of benzene rings is 1. The van der Waals surface area contributed by atoms with E-state index in [1.807, 2.05) is 0 Å². The first-order valence-corrected chi connectivity index (χ1v) is 8.38. The van der Waals surface area contributed by atoms with E-state index in [0.29, 0.717) is 31.8 Å². The Labute approximate surface area is 153 Å². The molecule has 0 atom stereocenters. The largest absolute Gasteiger partial charge is 0.476 e. The molecule has 0 saturated carbocycles. The Morgan fingerprint density at radius 2 is 1.93 bits per heavy atom. The number of nitrogens with zero attached hydrogens (tertiary/aromatic N) is 2. The number of halogens is 3. The van der Waals surface area contributed by atoms with Crippen LogP contribution in [0, 0.1) is 17.5 Å². The van der Waals surface area contributed by atoms with Crippen LogP contribution in [0.4, 0.5) is 18.9 Å². The molecule has 0 unspecified atom stereocenters. The van der Waals surface area contributed by atoms with Crippen molar-refractivity contribution in [1.29, 1.82) is 0 Å². The van der Waals surface area contributed by atoms with Crippen LogP contribution < -0.4 is 10.1 Å². The molecule has 6 nitrogen and oxygen atoms in total. The van der Waals surface area contributed by atoms with Crippen LogP contribution in [0.1, 0.15) is 10.4 Å². The predicted molar refractivity (Wildman–Crippen MR) is 91.3 cm³/mol. The second-order valence-electron chi connectivity index (χ2n) is 5.86. The lowest BCUT2D eigenvalue weighted by atomic mass is 10.2. The number of nitrogens with one attached hydrogen (secondary N) is 1. The first-order valence-electron chi connectivity index (χ1n) is 8.38. The standard InChI is InChI=1S/C18H18F3N3O3/c19-14-3-2-13(16(20)17(14)21)18(25)23-12-1-4-15(22-11-12)27-10-7-24-5-8-26-9-6-24/h1-4,11H,5-10H2,(H,23,25). The van der Waals surface area contributed by atoms with Crippen molar-refractivity contribution in [1.82, 2.24) is 9.88 Å². The smallest absolute Gasteiger partial charge is 0.258 e. The fourth-order valence-corrected chi connectivity index (χ4v) is 2.54. The number of carbonyl (C=O) groups is 1. The molecule has 2 aromatic rings. The van der Waals surface area contributed by atoms with E-state index in [-0.39, 0.29) is 5.69 Å². The van der Waals surface area contributed by atoms with E-state index in [4.69, 9.17) is 9.47 Å². The number of anilines is 1. The molecule has 1 fully saturated rings. The predicted octanol–water partition coefficient (Wildman–Crippen LogP) is 2.46. The van der Waals surface area contributed by atoms with Crippen molar-refractivity contribution in [2.24, 2.45) is 0 Å². The van der Waals surface area contributed by atoms with Gasteiger partial charge in [0.2, 0.25) is 5.88 Å². The topological polar surface area (TPSA) is 63.7 Å². The Bertz CT molecular complexity index is 796. The highest BCUT2D eigenvalue weighted by Crippen LogP contribution is 2.18. The van der Waals surface area contributed by atoms with Gasteiger partial charge in [0.25, 0.3) is 5.91 Å². The van der Waals surface area contributed by atoms with Gasteiger partial charge < -0.3 is 14.8 Å². The number of pyridine rings is 1. The molecule has 0 radical (unpaired) electrons. The quantitative estimate of drug-likeness (QED) is 0.779. The minimum atomic E-state index is -1.69. The van der Waals surface area contributed by atoms with Gasteiger partial charge in [-0.1, -0.05) is 0 Å². The summed E-state index contributed by atoms with van der Waals surface area (Å²) in [5.74, 6) is -5.12. The summed E-state index contributed by atoms with van der Waals surface area (Å²) < 4.78 is 50.6. The minimum absolute atomic E-state index is 0.268. The van der Waals surface area contributed by atoms with Gasteiger partial charge in [0.05, 0.1) is 30.7 Å². The van der Waals surface area contributed by atoms with Crippen molar-refractivity contribution >= 4 is 11.6 Å². The van der Waals surface area contributed by atoms with Gasteiger partial charge in [0.1, 0.15) is 6.61 Å². The number of hydrogen-bond donors (Lipinski definition) is 1. The van der Waals surface area contributed by atoms with Crippen molar-refractivity contribution in [3.63, 3.8) is 0 Å². The molecule has 1 N–H and O–H groups in total. The Morgan fingerprint density at radius 1 is 1.15 bits per heavy atom. The molecule has 1 aromatic carbocycles. The summed E-state index contributed by atoms with van der Waals surface area (Å²) in [7, 11) is 0. The van der Waals surface area contributed by atoms with Crippen molar-refractivity contribution in [3.8, 4) is 5.88 Å². The van der Waals surface area contributed by atoms with Crippen LogP contribution in [0.15, 0.2) is 30.5 Å². The van der Waals surface area contributed by atoms with E-state index in [1.54, 1.807) is 6.07 Å². The van der Waals surface area contributed by atoms with Crippen LogP contribution in [0.25, 0.3) is 0 Å². The molecular weight excluding hydrogens is 363 g/mol. The second kappa shape index (κ2) is 8.83. The van der Waals surface area contributed by atoms with Crippen LogP contribution >= 0.6 is 0 Å². The van der Waals surface area contributed by atoms with Crippen LogP contribution in [-0.4, -0.2) is 55.2 Å². The number of rotatable bonds is 6. The average molecular weight is 381 g/mol. The molecule has 9 heteroatoms. The van der Waals surface area contributed by atoms with Crippen LogP contribution in [-0.2, 0) is 4.74 Å². The van der Waals surface area contributed by atoms with Crippen LogP contribution in [0.3, 0.4) is 0 Å². The summed E-state index contributed by atoms with van der Waals surface area (Å²) in [6, 6.07) is 4.64. The maximum absolute atomic E-state index is 13.6. The van der Waals surface area contributed by atoms with Gasteiger partial charge in [-0.25, -0.2) is 18.2 Å². The molecular formula is C18H18F3N3O3. The van der Waals surface area contributed by atoms with Gasteiger partial charge >= 0.3 is 0 Å². The average Bonchev–Trinajstić information content (AvgIpc) is 2.68. The van der Waals surface area contributed by atoms with Crippen molar-refractivity contribution in [2.45, 2.75) is 0 Å². The number of hydrogen-bond acceptors (Lipinski definition) is 5. The van der Waals surface area contributed by atoms with Crippen LogP contribution in [0.5, 0.6) is 5.88 Å². The lowest BCUT2D eigenvalue weighted by molar-refractivity contribution is 0.0320. The fraction of sp³-hybridized carbons (Fsp3) is 0.333. The van der Waals surface area contributed by atoms with E-state index in [9.17, 15) is 18.0 Å². The molecule has 3 rings (SSSR count). The molecule has 1 aliphatic heterocycles. The number of carbonyl (C=O) groups excluding carboxylic acids is 1. The maximum Gasteiger partial charge on any atom is 0.258 e.